The molecule has 16 heavy (non-hydrogen) atoms. The Morgan fingerprint density at radius 3 is 3.00 bits per heavy atom. The Hall–Kier alpha value is -1.29. The summed E-state index contributed by atoms with van der Waals surface area (Å²) in [5, 5.41) is 2.94. The summed E-state index contributed by atoms with van der Waals surface area (Å²) in [5.41, 5.74) is 0.602. The Bertz CT molecular complexity index is 366. The van der Waals surface area contributed by atoms with E-state index in [9.17, 15) is 4.79 Å². The van der Waals surface area contributed by atoms with Crippen LogP contribution in [-0.2, 0) is 4.74 Å². The minimum Gasteiger partial charge on any atom is -0.469 e. The van der Waals surface area contributed by atoms with Gasteiger partial charge in [0.15, 0.2) is 0 Å². The number of hydrogen-bond donors (Lipinski definition) is 1. The summed E-state index contributed by atoms with van der Waals surface area (Å²) in [4.78, 5) is 11.9. The number of hydrogen-bond acceptors (Lipinski definition) is 3. The molecule has 1 amide bonds. The van der Waals surface area contributed by atoms with E-state index in [1.165, 1.54) is 6.26 Å². The van der Waals surface area contributed by atoms with E-state index in [0.29, 0.717) is 11.3 Å². The first kappa shape index (κ1) is 11.2. The molecule has 0 spiro atoms. The molecule has 0 unspecified atom stereocenters. The van der Waals surface area contributed by atoms with Crippen LogP contribution in [0.2, 0.25) is 0 Å². The quantitative estimate of drug-likeness (QED) is 0.851. The molecule has 4 nitrogen and oxygen atoms in total. The second-order valence-electron chi connectivity index (χ2n) is 4.20. The Balaban J connectivity index is 1.94. The summed E-state index contributed by atoms with van der Waals surface area (Å²) in [5.74, 6) is 0.561. The van der Waals surface area contributed by atoms with Crippen LogP contribution in [-0.4, -0.2) is 24.7 Å². The van der Waals surface area contributed by atoms with Crippen LogP contribution >= 0.6 is 0 Å². The van der Waals surface area contributed by atoms with Crippen molar-refractivity contribution in [2.45, 2.75) is 38.8 Å². The topological polar surface area (TPSA) is 51.5 Å². The molecule has 1 aliphatic heterocycles. The molecule has 2 heterocycles. The van der Waals surface area contributed by atoms with Gasteiger partial charge in [-0.1, -0.05) is 0 Å². The van der Waals surface area contributed by atoms with Gasteiger partial charge in [-0.2, -0.15) is 0 Å². The van der Waals surface area contributed by atoms with E-state index in [2.05, 4.69) is 5.32 Å². The lowest BCUT2D eigenvalue weighted by Gasteiger charge is -2.19. The van der Waals surface area contributed by atoms with Crippen molar-refractivity contribution in [3.8, 4) is 0 Å². The Kier molecular flexibility index (Phi) is 3.29. The van der Waals surface area contributed by atoms with E-state index >= 15 is 0 Å². The molecule has 1 aromatic rings. The molecule has 1 fully saturated rings. The maximum absolute atomic E-state index is 11.9. The Morgan fingerprint density at radius 1 is 1.62 bits per heavy atom. The standard InChI is InChI=1S/C12H17NO3/c1-8(11-4-3-6-16-11)13-12(14)10-5-7-15-9(10)2/h5,7-8,11H,3-4,6H2,1-2H3,(H,13,14)/t8-,11+/m1/s1. The molecular formula is C12H17NO3. The largest absolute Gasteiger partial charge is 0.469 e. The molecule has 1 aliphatic rings. The minimum atomic E-state index is -0.0887. The predicted octanol–water partition coefficient (Wildman–Crippen LogP) is 1.89. The molecule has 1 saturated heterocycles. The molecule has 2 atom stereocenters. The molecule has 0 bridgehead atoms. The van der Waals surface area contributed by atoms with Crippen LogP contribution in [0.4, 0.5) is 0 Å². The smallest absolute Gasteiger partial charge is 0.255 e. The summed E-state index contributed by atoms with van der Waals surface area (Å²) in [7, 11) is 0. The van der Waals surface area contributed by atoms with Crippen molar-refractivity contribution in [3.63, 3.8) is 0 Å². The fraction of sp³-hybridized carbons (Fsp3) is 0.583. The van der Waals surface area contributed by atoms with Crippen LogP contribution in [0.15, 0.2) is 16.7 Å². The molecule has 0 saturated carbocycles. The van der Waals surface area contributed by atoms with Crippen LogP contribution in [0.3, 0.4) is 0 Å². The van der Waals surface area contributed by atoms with E-state index in [0.717, 1.165) is 19.4 Å². The number of ether oxygens (including phenoxy) is 1. The second-order valence-corrected chi connectivity index (χ2v) is 4.20. The van der Waals surface area contributed by atoms with Crippen LogP contribution in [0.5, 0.6) is 0 Å². The van der Waals surface area contributed by atoms with Crippen LogP contribution in [0.1, 0.15) is 35.9 Å². The van der Waals surface area contributed by atoms with Crippen LogP contribution < -0.4 is 5.32 Å². The van der Waals surface area contributed by atoms with E-state index in [1.54, 1.807) is 13.0 Å². The lowest BCUT2D eigenvalue weighted by Crippen LogP contribution is -2.40. The second kappa shape index (κ2) is 4.70. The highest BCUT2D eigenvalue weighted by atomic mass is 16.5. The first-order valence-electron chi connectivity index (χ1n) is 5.65. The van der Waals surface area contributed by atoms with Gasteiger partial charge in [0, 0.05) is 6.61 Å². The van der Waals surface area contributed by atoms with Gasteiger partial charge < -0.3 is 14.5 Å². The van der Waals surface area contributed by atoms with Gasteiger partial charge >= 0.3 is 0 Å². The van der Waals surface area contributed by atoms with Gasteiger partial charge in [-0.25, -0.2) is 0 Å². The fourth-order valence-corrected chi connectivity index (χ4v) is 1.99. The third-order valence-corrected chi connectivity index (χ3v) is 2.98. The Labute approximate surface area is 95.0 Å². The number of carbonyl (C=O) groups excluding carboxylic acids is 1. The van der Waals surface area contributed by atoms with Crippen molar-refractivity contribution in [2.75, 3.05) is 6.61 Å². The average Bonchev–Trinajstić information content (AvgIpc) is 2.86. The number of furan rings is 1. The molecule has 0 aromatic carbocycles. The summed E-state index contributed by atoms with van der Waals surface area (Å²) in [6, 6.07) is 1.73. The zero-order chi connectivity index (χ0) is 11.5. The highest BCUT2D eigenvalue weighted by molar-refractivity contribution is 5.95. The summed E-state index contributed by atoms with van der Waals surface area (Å²) in [6.07, 6.45) is 3.78. The lowest BCUT2D eigenvalue weighted by molar-refractivity contribution is 0.0711. The van der Waals surface area contributed by atoms with Crippen LogP contribution in [0, 0.1) is 6.92 Å². The number of aryl methyl sites for hydroxylation is 1. The van der Waals surface area contributed by atoms with Crippen molar-refractivity contribution in [2.24, 2.45) is 0 Å². The molecular weight excluding hydrogens is 206 g/mol. The van der Waals surface area contributed by atoms with E-state index in [4.69, 9.17) is 9.15 Å². The van der Waals surface area contributed by atoms with Crippen LogP contribution in [0.25, 0.3) is 0 Å². The van der Waals surface area contributed by atoms with Gasteiger partial charge in [0.1, 0.15) is 5.76 Å². The van der Waals surface area contributed by atoms with Crippen molar-refractivity contribution in [1.29, 1.82) is 0 Å². The normalized spacial score (nSPS) is 22.0. The monoisotopic (exact) mass is 223 g/mol. The highest BCUT2D eigenvalue weighted by Crippen LogP contribution is 2.16. The maximum atomic E-state index is 11.9. The number of carbonyl (C=O) groups is 1. The highest BCUT2D eigenvalue weighted by Gasteiger charge is 2.24. The summed E-state index contributed by atoms with van der Waals surface area (Å²) >= 11 is 0. The number of rotatable bonds is 3. The SMILES string of the molecule is Cc1occc1C(=O)N[C@H](C)[C@@H]1CCCO1. The third-order valence-electron chi connectivity index (χ3n) is 2.98. The van der Waals surface area contributed by atoms with Crippen molar-refractivity contribution in [1.82, 2.24) is 5.32 Å². The first-order chi connectivity index (χ1) is 7.68. The molecule has 2 rings (SSSR count). The van der Waals surface area contributed by atoms with Gasteiger partial charge in [-0.05, 0) is 32.8 Å². The average molecular weight is 223 g/mol. The minimum absolute atomic E-state index is 0.0456. The van der Waals surface area contributed by atoms with E-state index < -0.39 is 0 Å². The van der Waals surface area contributed by atoms with Gasteiger partial charge in [-0.3, -0.25) is 4.79 Å². The lowest BCUT2D eigenvalue weighted by atomic mass is 10.1. The van der Waals surface area contributed by atoms with Gasteiger partial charge in [0.05, 0.1) is 24.0 Å². The van der Waals surface area contributed by atoms with Gasteiger partial charge in [-0.15, -0.1) is 0 Å². The van der Waals surface area contributed by atoms with Crippen molar-refractivity contribution in [3.05, 3.63) is 23.7 Å². The predicted molar refractivity (Wildman–Crippen MR) is 59.3 cm³/mol. The molecule has 0 aliphatic carbocycles. The van der Waals surface area contributed by atoms with Gasteiger partial charge in [0.25, 0.3) is 5.91 Å². The zero-order valence-electron chi connectivity index (χ0n) is 9.66. The number of amides is 1. The first-order valence-corrected chi connectivity index (χ1v) is 5.65. The molecule has 1 N–H and O–H groups in total. The Morgan fingerprint density at radius 2 is 2.44 bits per heavy atom. The molecule has 1 aromatic heterocycles. The van der Waals surface area contributed by atoms with Crippen molar-refractivity contribution < 1.29 is 13.9 Å². The maximum Gasteiger partial charge on any atom is 0.255 e. The summed E-state index contributed by atoms with van der Waals surface area (Å²) in [6.45, 7) is 4.56. The summed E-state index contributed by atoms with van der Waals surface area (Å²) < 4.78 is 10.6. The fourth-order valence-electron chi connectivity index (χ4n) is 1.99. The van der Waals surface area contributed by atoms with E-state index in [-0.39, 0.29) is 18.1 Å². The van der Waals surface area contributed by atoms with E-state index in [1.807, 2.05) is 6.92 Å². The third kappa shape index (κ3) is 2.27. The molecule has 4 heteroatoms. The zero-order valence-corrected chi connectivity index (χ0v) is 9.66. The van der Waals surface area contributed by atoms with Gasteiger partial charge in [0.2, 0.25) is 0 Å². The van der Waals surface area contributed by atoms with Crippen molar-refractivity contribution >= 4 is 5.91 Å². The number of nitrogens with one attached hydrogen (secondary N) is 1. The molecule has 88 valence electrons. The molecule has 0 radical (unpaired) electrons.